The van der Waals surface area contributed by atoms with Gasteiger partial charge in [-0.25, -0.2) is 0 Å². The van der Waals surface area contributed by atoms with Gasteiger partial charge in [0.05, 0.1) is 14.2 Å². The molecule has 0 aliphatic carbocycles. The molecule has 126 valence electrons. The highest BCUT2D eigenvalue weighted by Gasteiger charge is 2.21. The van der Waals surface area contributed by atoms with Gasteiger partial charge in [-0.15, -0.1) is 0 Å². The third-order valence-electron chi connectivity index (χ3n) is 4.08. The zero-order valence-corrected chi connectivity index (χ0v) is 16.0. The van der Waals surface area contributed by atoms with Crippen LogP contribution in [0.4, 0.5) is 5.69 Å². The summed E-state index contributed by atoms with van der Waals surface area (Å²) < 4.78 is 11.8. The quantitative estimate of drug-likeness (QED) is 0.771. The number of nitrogens with one attached hydrogen (secondary N) is 1. The molecule has 1 heterocycles. The second-order valence-corrected chi connectivity index (χ2v) is 6.89. The number of rotatable bonds is 3. The predicted molar refractivity (Wildman–Crippen MR) is 104 cm³/mol. The summed E-state index contributed by atoms with van der Waals surface area (Å²) in [4.78, 5) is 2.17. The molecule has 0 aromatic heterocycles. The fraction of sp³-hybridized carbons (Fsp3) is 0.278. The summed E-state index contributed by atoms with van der Waals surface area (Å²) in [6.45, 7) is 1.64. The summed E-state index contributed by atoms with van der Waals surface area (Å²) in [6, 6.07) is 12.1. The maximum atomic E-state index is 5.58. The van der Waals surface area contributed by atoms with Gasteiger partial charge >= 0.3 is 0 Å². The van der Waals surface area contributed by atoms with Gasteiger partial charge in [-0.3, -0.25) is 0 Å². The van der Waals surface area contributed by atoms with Crippen molar-refractivity contribution in [2.24, 2.45) is 0 Å². The van der Waals surface area contributed by atoms with Gasteiger partial charge in [-0.2, -0.15) is 0 Å². The van der Waals surface area contributed by atoms with Crippen molar-refractivity contribution < 1.29 is 9.47 Å². The molecule has 4 nitrogen and oxygen atoms in total. The molecule has 0 saturated heterocycles. The van der Waals surface area contributed by atoms with E-state index in [2.05, 4.69) is 32.2 Å². The van der Waals surface area contributed by atoms with Gasteiger partial charge in [-0.05, 0) is 60.1 Å². The van der Waals surface area contributed by atoms with Gasteiger partial charge < -0.3 is 19.7 Å². The molecule has 3 rings (SSSR count). The van der Waals surface area contributed by atoms with Crippen LogP contribution in [0.3, 0.4) is 0 Å². The molecule has 0 amide bonds. The first-order chi connectivity index (χ1) is 11.6. The second kappa shape index (κ2) is 7.40. The first-order valence-electron chi connectivity index (χ1n) is 7.66. The van der Waals surface area contributed by atoms with E-state index in [0.717, 1.165) is 46.3 Å². The highest BCUT2D eigenvalue weighted by atomic mass is 79.9. The van der Waals surface area contributed by atoms with Crippen LogP contribution in [0.5, 0.6) is 11.5 Å². The molecule has 1 aliphatic heterocycles. The SMILES string of the molecule is COc1cc2c(cc1OC)CN(C(=S)Nc1cccc(Br)c1)CC2. The molecule has 6 heteroatoms. The average Bonchev–Trinajstić information content (AvgIpc) is 2.59. The maximum Gasteiger partial charge on any atom is 0.173 e. The summed E-state index contributed by atoms with van der Waals surface area (Å²) in [5, 5.41) is 4.04. The van der Waals surface area contributed by atoms with E-state index in [9.17, 15) is 0 Å². The minimum atomic E-state index is 0.730. The number of ether oxygens (including phenoxy) is 2. The molecule has 0 bridgehead atoms. The summed E-state index contributed by atoms with van der Waals surface area (Å²) in [7, 11) is 3.32. The second-order valence-electron chi connectivity index (χ2n) is 5.59. The molecule has 1 aliphatic rings. The number of fused-ring (bicyclic) bond motifs is 1. The highest BCUT2D eigenvalue weighted by Crippen LogP contribution is 2.33. The van der Waals surface area contributed by atoms with Crippen molar-refractivity contribution in [2.45, 2.75) is 13.0 Å². The van der Waals surface area contributed by atoms with E-state index in [-0.39, 0.29) is 0 Å². The average molecular weight is 407 g/mol. The van der Waals surface area contributed by atoms with Gasteiger partial charge in [-0.1, -0.05) is 22.0 Å². The number of thiocarbonyl (C=S) groups is 1. The van der Waals surface area contributed by atoms with Crippen LogP contribution in [0.2, 0.25) is 0 Å². The van der Waals surface area contributed by atoms with Crippen LogP contribution in [0.25, 0.3) is 0 Å². The van der Waals surface area contributed by atoms with Crippen LogP contribution in [-0.2, 0) is 13.0 Å². The fourth-order valence-corrected chi connectivity index (χ4v) is 3.50. The Morgan fingerprint density at radius 2 is 1.83 bits per heavy atom. The Labute approximate surface area is 155 Å². The molecule has 0 fully saturated rings. The van der Waals surface area contributed by atoms with E-state index < -0.39 is 0 Å². The molecule has 1 N–H and O–H groups in total. The Hall–Kier alpha value is -1.79. The van der Waals surface area contributed by atoms with Crippen LogP contribution >= 0.6 is 28.1 Å². The Morgan fingerprint density at radius 1 is 1.12 bits per heavy atom. The normalized spacial score (nSPS) is 13.2. The third-order valence-corrected chi connectivity index (χ3v) is 4.93. The maximum absolute atomic E-state index is 5.58. The van der Waals surface area contributed by atoms with Gasteiger partial charge in [0.25, 0.3) is 0 Å². The number of hydrogen-bond acceptors (Lipinski definition) is 3. The summed E-state index contributed by atoms with van der Waals surface area (Å²) in [6.07, 6.45) is 0.927. The molecular weight excluding hydrogens is 388 g/mol. The molecule has 24 heavy (non-hydrogen) atoms. The molecule has 0 saturated carbocycles. The molecule has 2 aromatic rings. The number of nitrogens with zero attached hydrogens (tertiary/aromatic N) is 1. The number of anilines is 1. The van der Waals surface area contributed by atoms with E-state index in [4.69, 9.17) is 21.7 Å². The zero-order valence-electron chi connectivity index (χ0n) is 13.6. The lowest BCUT2D eigenvalue weighted by Crippen LogP contribution is -2.38. The van der Waals surface area contributed by atoms with Crippen LogP contribution in [-0.4, -0.2) is 30.8 Å². The minimum absolute atomic E-state index is 0.730. The highest BCUT2D eigenvalue weighted by molar-refractivity contribution is 9.10. The van der Waals surface area contributed by atoms with Crippen molar-refractivity contribution in [3.05, 3.63) is 52.0 Å². The van der Waals surface area contributed by atoms with Crippen molar-refractivity contribution in [3.63, 3.8) is 0 Å². The van der Waals surface area contributed by atoms with E-state index in [1.165, 1.54) is 11.1 Å². The van der Waals surface area contributed by atoms with Crippen molar-refractivity contribution in [1.82, 2.24) is 4.90 Å². The van der Waals surface area contributed by atoms with Crippen LogP contribution < -0.4 is 14.8 Å². The number of benzene rings is 2. The Bertz CT molecular complexity index is 767. The van der Waals surface area contributed by atoms with Crippen LogP contribution in [0, 0.1) is 0 Å². The van der Waals surface area contributed by atoms with Crippen molar-refractivity contribution in [2.75, 3.05) is 26.1 Å². The zero-order chi connectivity index (χ0) is 17.1. The Kier molecular flexibility index (Phi) is 5.26. The molecule has 0 unspecified atom stereocenters. The Morgan fingerprint density at radius 3 is 2.50 bits per heavy atom. The molecule has 0 spiro atoms. The van der Waals surface area contributed by atoms with E-state index >= 15 is 0 Å². The molecule has 0 radical (unpaired) electrons. The lowest BCUT2D eigenvalue weighted by atomic mass is 9.99. The van der Waals surface area contributed by atoms with Gasteiger partial charge in [0.15, 0.2) is 16.6 Å². The Balaban J connectivity index is 1.75. The summed E-state index contributed by atoms with van der Waals surface area (Å²) >= 11 is 9.06. The summed E-state index contributed by atoms with van der Waals surface area (Å²) in [5.41, 5.74) is 3.49. The van der Waals surface area contributed by atoms with E-state index in [1.807, 2.05) is 30.3 Å². The van der Waals surface area contributed by atoms with Gasteiger partial charge in [0, 0.05) is 23.2 Å². The van der Waals surface area contributed by atoms with E-state index in [1.54, 1.807) is 14.2 Å². The van der Waals surface area contributed by atoms with Crippen molar-refractivity contribution in [1.29, 1.82) is 0 Å². The number of methoxy groups -OCH3 is 2. The molecular formula is C18H19BrN2O2S. The molecule has 2 aromatic carbocycles. The van der Waals surface area contributed by atoms with E-state index in [0.29, 0.717) is 0 Å². The number of halogens is 1. The minimum Gasteiger partial charge on any atom is -0.493 e. The predicted octanol–water partition coefficient (Wildman–Crippen LogP) is 4.22. The lowest BCUT2D eigenvalue weighted by molar-refractivity contribution is 0.348. The van der Waals surface area contributed by atoms with Crippen LogP contribution in [0.15, 0.2) is 40.9 Å². The smallest absolute Gasteiger partial charge is 0.173 e. The third kappa shape index (κ3) is 3.65. The van der Waals surface area contributed by atoms with Gasteiger partial charge in [0.2, 0.25) is 0 Å². The van der Waals surface area contributed by atoms with Crippen LogP contribution in [0.1, 0.15) is 11.1 Å². The van der Waals surface area contributed by atoms with Crippen molar-refractivity contribution in [3.8, 4) is 11.5 Å². The fourth-order valence-electron chi connectivity index (χ4n) is 2.83. The summed E-state index contributed by atoms with van der Waals surface area (Å²) in [5.74, 6) is 1.53. The first-order valence-corrected chi connectivity index (χ1v) is 8.86. The number of hydrogen-bond donors (Lipinski definition) is 1. The van der Waals surface area contributed by atoms with Crippen molar-refractivity contribution >= 4 is 38.9 Å². The molecule has 0 atom stereocenters. The first kappa shape index (κ1) is 17.0. The lowest BCUT2D eigenvalue weighted by Gasteiger charge is -2.31. The van der Waals surface area contributed by atoms with Gasteiger partial charge in [0.1, 0.15) is 0 Å². The largest absolute Gasteiger partial charge is 0.493 e. The topological polar surface area (TPSA) is 33.7 Å². The monoisotopic (exact) mass is 406 g/mol. The standard InChI is InChI=1S/C18H19BrN2O2S/c1-22-16-8-12-6-7-21(11-13(12)9-17(16)23-2)18(24)20-15-5-3-4-14(19)10-15/h3-5,8-10H,6-7,11H2,1-2H3,(H,20,24).